The summed E-state index contributed by atoms with van der Waals surface area (Å²) in [6.45, 7) is 5.08. The minimum Gasteiger partial charge on any atom is -0.368 e. The molecule has 94 valence electrons. The highest BCUT2D eigenvalue weighted by molar-refractivity contribution is 5.77. The molecule has 0 aromatic heterocycles. The van der Waals surface area contributed by atoms with Crippen molar-refractivity contribution in [2.45, 2.75) is 51.7 Å². The minimum atomic E-state index is 0.00454. The van der Waals surface area contributed by atoms with Crippen LogP contribution in [0.1, 0.15) is 39.5 Å². The molecule has 4 heteroatoms. The molecule has 0 radical (unpaired) electrons. The van der Waals surface area contributed by atoms with Gasteiger partial charge in [-0.2, -0.15) is 0 Å². The van der Waals surface area contributed by atoms with Gasteiger partial charge in [0.1, 0.15) is 6.61 Å². The predicted molar refractivity (Wildman–Crippen MR) is 64.0 cm³/mol. The van der Waals surface area contributed by atoms with Gasteiger partial charge in [-0.3, -0.25) is 4.79 Å². The molecule has 1 aliphatic carbocycles. The van der Waals surface area contributed by atoms with Crippen molar-refractivity contribution >= 4 is 5.91 Å². The van der Waals surface area contributed by atoms with E-state index < -0.39 is 0 Å². The van der Waals surface area contributed by atoms with Crippen LogP contribution in [0.15, 0.2) is 0 Å². The molecule has 1 amide bonds. The summed E-state index contributed by atoms with van der Waals surface area (Å²) in [5.74, 6) is 0.608. The second-order valence-electron chi connectivity index (χ2n) is 4.59. The number of nitrogens with two attached hydrogens (primary N) is 1. The Kier molecular flexibility index (Phi) is 5.77. The van der Waals surface area contributed by atoms with E-state index in [1.165, 1.54) is 0 Å². The van der Waals surface area contributed by atoms with Crippen LogP contribution >= 0.6 is 0 Å². The fraction of sp³-hybridized carbons (Fsp3) is 0.917. The molecular weight excluding hydrogens is 204 g/mol. The van der Waals surface area contributed by atoms with Crippen LogP contribution in [0.5, 0.6) is 0 Å². The van der Waals surface area contributed by atoms with E-state index >= 15 is 0 Å². The van der Waals surface area contributed by atoms with Gasteiger partial charge in [0, 0.05) is 6.04 Å². The molecule has 1 fully saturated rings. The van der Waals surface area contributed by atoms with Crippen molar-refractivity contribution in [3.63, 3.8) is 0 Å². The highest BCUT2D eigenvalue weighted by Gasteiger charge is 2.29. The maximum atomic E-state index is 11.5. The van der Waals surface area contributed by atoms with E-state index in [1.807, 2.05) is 0 Å². The molecule has 0 bridgehead atoms. The summed E-state index contributed by atoms with van der Waals surface area (Å²) < 4.78 is 5.49. The first-order valence-electron chi connectivity index (χ1n) is 6.30. The minimum absolute atomic E-state index is 0.00454. The van der Waals surface area contributed by atoms with Crippen LogP contribution in [0, 0.1) is 5.92 Å². The first-order chi connectivity index (χ1) is 7.69. The third-order valence-corrected chi connectivity index (χ3v) is 3.33. The number of rotatable bonds is 7. The van der Waals surface area contributed by atoms with Crippen LogP contribution < -0.4 is 11.1 Å². The first-order valence-corrected chi connectivity index (χ1v) is 6.30. The first kappa shape index (κ1) is 13.5. The Morgan fingerprint density at radius 1 is 1.44 bits per heavy atom. The highest BCUT2D eigenvalue weighted by Crippen LogP contribution is 2.28. The molecule has 16 heavy (non-hydrogen) atoms. The van der Waals surface area contributed by atoms with E-state index in [4.69, 9.17) is 10.5 Å². The summed E-state index contributed by atoms with van der Waals surface area (Å²) in [6, 6.07) is 0.286. The van der Waals surface area contributed by atoms with Gasteiger partial charge in [0.25, 0.3) is 0 Å². The average Bonchev–Trinajstić information content (AvgIpc) is 2.24. The lowest BCUT2D eigenvalue weighted by molar-refractivity contribution is -0.131. The Morgan fingerprint density at radius 2 is 2.06 bits per heavy atom. The molecule has 0 unspecified atom stereocenters. The van der Waals surface area contributed by atoms with Gasteiger partial charge in [0.2, 0.25) is 5.91 Å². The maximum Gasteiger partial charge on any atom is 0.246 e. The van der Waals surface area contributed by atoms with E-state index in [1.54, 1.807) is 0 Å². The Morgan fingerprint density at radius 3 is 2.56 bits per heavy atom. The van der Waals surface area contributed by atoms with Crippen molar-refractivity contribution in [2.24, 2.45) is 11.7 Å². The lowest BCUT2D eigenvalue weighted by Crippen LogP contribution is -2.40. The monoisotopic (exact) mass is 228 g/mol. The number of carbonyl (C=O) groups excluding carboxylic acids is 1. The summed E-state index contributed by atoms with van der Waals surface area (Å²) >= 11 is 0. The van der Waals surface area contributed by atoms with Gasteiger partial charge in [0.05, 0.1) is 6.10 Å². The van der Waals surface area contributed by atoms with Crippen LogP contribution in [-0.2, 0) is 9.53 Å². The average molecular weight is 228 g/mol. The second kappa shape index (κ2) is 6.86. The van der Waals surface area contributed by atoms with E-state index in [2.05, 4.69) is 19.2 Å². The SMILES string of the molecule is CCC(CC)NC(=O)COC1CC(CN)C1. The Bertz CT molecular complexity index is 211. The highest BCUT2D eigenvalue weighted by atomic mass is 16.5. The molecule has 1 aliphatic rings. The fourth-order valence-electron chi connectivity index (χ4n) is 1.96. The number of amides is 1. The number of carbonyl (C=O) groups is 1. The van der Waals surface area contributed by atoms with Gasteiger partial charge in [-0.25, -0.2) is 0 Å². The summed E-state index contributed by atoms with van der Waals surface area (Å²) in [6.07, 6.45) is 4.21. The molecular formula is C12H24N2O2. The third kappa shape index (κ3) is 4.10. The lowest BCUT2D eigenvalue weighted by Gasteiger charge is -2.34. The summed E-state index contributed by atoms with van der Waals surface area (Å²) in [5, 5.41) is 2.96. The molecule has 0 atom stereocenters. The number of hydrogen-bond acceptors (Lipinski definition) is 3. The second-order valence-corrected chi connectivity index (χ2v) is 4.59. The molecule has 4 nitrogen and oxygen atoms in total. The van der Waals surface area contributed by atoms with Gasteiger partial charge >= 0.3 is 0 Å². The van der Waals surface area contributed by atoms with Crippen LogP contribution in [0.2, 0.25) is 0 Å². The van der Waals surface area contributed by atoms with Gasteiger partial charge in [-0.1, -0.05) is 13.8 Å². The largest absolute Gasteiger partial charge is 0.368 e. The molecule has 0 saturated heterocycles. The smallest absolute Gasteiger partial charge is 0.246 e. The lowest BCUT2D eigenvalue weighted by atomic mass is 9.82. The number of nitrogens with one attached hydrogen (secondary N) is 1. The van der Waals surface area contributed by atoms with Crippen molar-refractivity contribution in [3.05, 3.63) is 0 Å². The quantitative estimate of drug-likeness (QED) is 0.684. The van der Waals surface area contributed by atoms with Crippen molar-refractivity contribution in [2.75, 3.05) is 13.2 Å². The summed E-state index contributed by atoms with van der Waals surface area (Å²) in [7, 11) is 0. The van der Waals surface area contributed by atoms with Crippen molar-refractivity contribution in [1.82, 2.24) is 5.32 Å². The van der Waals surface area contributed by atoms with Crippen LogP contribution in [0.25, 0.3) is 0 Å². The molecule has 0 spiro atoms. The standard InChI is InChI=1S/C12H24N2O2/c1-3-10(4-2)14-12(15)8-16-11-5-9(6-11)7-13/h9-11H,3-8,13H2,1-2H3,(H,14,15). The van der Waals surface area contributed by atoms with E-state index in [9.17, 15) is 4.79 Å². The predicted octanol–water partition coefficient (Wildman–Crippen LogP) is 1.05. The molecule has 0 aromatic carbocycles. The maximum absolute atomic E-state index is 11.5. The normalized spacial score (nSPS) is 24.2. The van der Waals surface area contributed by atoms with Crippen molar-refractivity contribution in [3.8, 4) is 0 Å². The van der Waals surface area contributed by atoms with Crippen LogP contribution in [0.3, 0.4) is 0 Å². The molecule has 0 aromatic rings. The van der Waals surface area contributed by atoms with E-state index in [0.717, 1.165) is 32.2 Å². The Hall–Kier alpha value is -0.610. The summed E-state index contributed by atoms with van der Waals surface area (Å²) in [4.78, 5) is 11.5. The van der Waals surface area contributed by atoms with Gasteiger partial charge in [-0.15, -0.1) is 0 Å². The zero-order valence-electron chi connectivity index (χ0n) is 10.4. The van der Waals surface area contributed by atoms with Crippen molar-refractivity contribution < 1.29 is 9.53 Å². The molecule has 0 heterocycles. The van der Waals surface area contributed by atoms with Crippen molar-refractivity contribution in [1.29, 1.82) is 0 Å². The number of ether oxygens (including phenoxy) is 1. The van der Waals surface area contributed by atoms with E-state index in [0.29, 0.717) is 5.92 Å². The molecule has 3 N–H and O–H groups in total. The third-order valence-electron chi connectivity index (χ3n) is 3.33. The molecule has 1 rings (SSSR count). The van der Waals surface area contributed by atoms with Crippen LogP contribution in [-0.4, -0.2) is 31.2 Å². The zero-order chi connectivity index (χ0) is 12.0. The molecule has 1 saturated carbocycles. The molecule has 0 aliphatic heterocycles. The van der Waals surface area contributed by atoms with E-state index in [-0.39, 0.29) is 24.7 Å². The zero-order valence-corrected chi connectivity index (χ0v) is 10.4. The van der Waals surface area contributed by atoms with Gasteiger partial charge < -0.3 is 15.8 Å². The summed E-state index contributed by atoms with van der Waals surface area (Å²) in [5.41, 5.74) is 5.52. The van der Waals surface area contributed by atoms with Gasteiger partial charge in [-0.05, 0) is 38.1 Å². The van der Waals surface area contributed by atoms with Crippen LogP contribution in [0.4, 0.5) is 0 Å². The Labute approximate surface area is 97.9 Å². The topological polar surface area (TPSA) is 64.3 Å². The number of hydrogen-bond donors (Lipinski definition) is 2. The van der Waals surface area contributed by atoms with Gasteiger partial charge in [0.15, 0.2) is 0 Å². The fourth-order valence-corrected chi connectivity index (χ4v) is 1.96. The Balaban J connectivity index is 2.07.